The molecule has 0 N–H and O–H groups in total. The fraction of sp³-hybridized carbons (Fsp3) is 1.00. The Balaban J connectivity index is 3.41. The lowest BCUT2D eigenvalue weighted by molar-refractivity contribution is -0.0328. The molecule has 1 atom stereocenters. The first-order chi connectivity index (χ1) is 5.49. The first-order valence-electron chi connectivity index (χ1n) is 3.76. The van der Waals surface area contributed by atoms with Gasteiger partial charge in [-0.1, -0.05) is 41.0 Å². The van der Waals surface area contributed by atoms with Crippen molar-refractivity contribution in [2.24, 2.45) is 5.92 Å². The highest BCUT2D eigenvalue weighted by atomic mass is 79.9. The van der Waals surface area contributed by atoms with E-state index in [1.807, 2.05) is 6.92 Å². The van der Waals surface area contributed by atoms with E-state index in [4.69, 9.17) is 0 Å². The summed E-state index contributed by atoms with van der Waals surface area (Å²) in [4.78, 5) is 0. The van der Waals surface area contributed by atoms with Crippen LogP contribution in [0.1, 0.15) is 19.8 Å². The lowest BCUT2D eigenvalue weighted by atomic mass is 10.1. The van der Waals surface area contributed by atoms with Crippen molar-refractivity contribution >= 4 is 27.7 Å². The second kappa shape index (κ2) is 6.13. The molecule has 0 bridgehead atoms. The summed E-state index contributed by atoms with van der Waals surface area (Å²) in [5.41, 5.74) is -4.06. The smallest absolute Gasteiger partial charge is 0.160 e. The fourth-order valence-corrected chi connectivity index (χ4v) is 2.20. The number of hydrogen-bond donors (Lipinski definition) is 0. The van der Waals surface area contributed by atoms with Gasteiger partial charge in [-0.15, -0.1) is 0 Å². The predicted octanol–water partition coefficient (Wildman–Crippen LogP) is 4.05. The minimum absolute atomic E-state index is 0.0718. The highest BCUT2D eigenvalue weighted by Crippen LogP contribution is 2.31. The molecule has 0 aromatic carbocycles. The van der Waals surface area contributed by atoms with Crippen LogP contribution in [-0.2, 0) is 0 Å². The molecule has 0 aliphatic rings. The molecule has 5 heteroatoms. The van der Waals surface area contributed by atoms with Gasteiger partial charge in [0.2, 0.25) is 0 Å². The molecular weight excluding hydrogens is 253 g/mol. The summed E-state index contributed by atoms with van der Waals surface area (Å²) in [6.07, 6.45) is 1.57. The van der Waals surface area contributed by atoms with Gasteiger partial charge in [0.25, 0.3) is 0 Å². The van der Waals surface area contributed by atoms with Crippen molar-refractivity contribution < 1.29 is 13.2 Å². The second-order valence-electron chi connectivity index (χ2n) is 2.51. The Hall–Kier alpha value is 0.620. The van der Waals surface area contributed by atoms with E-state index < -0.39 is 5.51 Å². The topological polar surface area (TPSA) is 0 Å². The van der Waals surface area contributed by atoms with Crippen molar-refractivity contribution in [1.82, 2.24) is 0 Å². The van der Waals surface area contributed by atoms with Gasteiger partial charge in [0.05, 0.1) is 0 Å². The molecule has 0 heterocycles. The Morgan fingerprint density at radius 3 is 2.33 bits per heavy atom. The maximum atomic E-state index is 11.7. The molecule has 0 saturated heterocycles. The summed E-state index contributed by atoms with van der Waals surface area (Å²) < 4.78 is 35.0. The van der Waals surface area contributed by atoms with E-state index in [9.17, 15) is 13.2 Å². The van der Waals surface area contributed by atoms with E-state index in [1.54, 1.807) is 0 Å². The van der Waals surface area contributed by atoms with E-state index in [2.05, 4.69) is 15.9 Å². The number of thioether (sulfide) groups is 1. The molecule has 0 aliphatic carbocycles. The molecule has 74 valence electrons. The van der Waals surface area contributed by atoms with Crippen LogP contribution in [0.25, 0.3) is 0 Å². The quantitative estimate of drug-likeness (QED) is 0.676. The zero-order chi connectivity index (χ0) is 9.61. The van der Waals surface area contributed by atoms with Crippen molar-refractivity contribution in [3.63, 3.8) is 0 Å². The standard InChI is InChI=1S/C7H12BrF3S/c1-2-6(5-8)3-4-12-7(9,10)11/h6H,2-5H2,1H3. The first kappa shape index (κ1) is 12.6. The molecule has 0 amide bonds. The zero-order valence-electron chi connectivity index (χ0n) is 6.83. The molecule has 1 unspecified atom stereocenters. The SMILES string of the molecule is CCC(CBr)CCSC(F)(F)F. The van der Waals surface area contributed by atoms with Gasteiger partial charge in [-0.3, -0.25) is 0 Å². The molecule has 12 heavy (non-hydrogen) atoms. The molecule has 0 radical (unpaired) electrons. The Morgan fingerprint density at radius 1 is 1.42 bits per heavy atom. The molecule has 0 saturated carbocycles. The number of halogens is 4. The number of rotatable bonds is 5. The van der Waals surface area contributed by atoms with Crippen molar-refractivity contribution in [2.75, 3.05) is 11.1 Å². The minimum atomic E-state index is -4.06. The fourth-order valence-electron chi connectivity index (χ4n) is 0.732. The molecule has 0 rings (SSSR count). The third-order valence-electron chi connectivity index (χ3n) is 1.59. The summed E-state index contributed by atoms with van der Waals surface area (Å²) in [6, 6.07) is 0. The Labute approximate surface area is 83.4 Å². The van der Waals surface area contributed by atoms with Crippen LogP contribution in [0.15, 0.2) is 0 Å². The van der Waals surface area contributed by atoms with Crippen LogP contribution < -0.4 is 0 Å². The van der Waals surface area contributed by atoms with Crippen molar-refractivity contribution in [2.45, 2.75) is 25.3 Å². The molecule has 0 aromatic heterocycles. The minimum Gasteiger partial charge on any atom is -0.160 e. The normalized spacial score (nSPS) is 14.8. The van der Waals surface area contributed by atoms with E-state index in [0.717, 1.165) is 11.8 Å². The lowest BCUT2D eigenvalue weighted by Gasteiger charge is -2.11. The third kappa shape index (κ3) is 7.28. The molecule has 0 aromatic rings. The number of hydrogen-bond acceptors (Lipinski definition) is 1. The van der Waals surface area contributed by atoms with E-state index in [1.165, 1.54) is 0 Å². The highest BCUT2D eigenvalue weighted by Gasteiger charge is 2.27. The van der Waals surface area contributed by atoms with Crippen LogP contribution in [0.2, 0.25) is 0 Å². The molecular formula is C7H12BrF3S. The Kier molecular flexibility index (Phi) is 6.45. The highest BCUT2D eigenvalue weighted by molar-refractivity contribution is 9.09. The van der Waals surface area contributed by atoms with Gasteiger partial charge in [-0.2, -0.15) is 13.2 Å². The summed E-state index contributed by atoms with van der Waals surface area (Å²) in [5.74, 6) is 0.549. The van der Waals surface area contributed by atoms with Crippen LogP contribution in [0, 0.1) is 5.92 Å². The summed E-state index contributed by atoms with van der Waals surface area (Å²) in [5, 5.41) is 0.794. The van der Waals surface area contributed by atoms with E-state index in [-0.39, 0.29) is 17.5 Å². The van der Waals surface area contributed by atoms with E-state index in [0.29, 0.717) is 12.3 Å². The van der Waals surface area contributed by atoms with Gasteiger partial charge in [0.15, 0.2) is 0 Å². The van der Waals surface area contributed by atoms with Gasteiger partial charge < -0.3 is 0 Å². The monoisotopic (exact) mass is 264 g/mol. The largest absolute Gasteiger partial charge is 0.441 e. The molecule has 0 aliphatic heterocycles. The van der Waals surface area contributed by atoms with Crippen molar-refractivity contribution in [3.05, 3.63) is 0 Å². The van der Waals surface area contributed by atoms with Crippen LogP contribution in [-0.4, -0.2) is 16.6 Å². The summed E-state index contributed by atoms with van der Waals surface area (Å²) >= 11 is 3.34. The average Bonchev–Trinajstić information content (AvgIpc) is 1.96. The maximum Gasteiger partial charge on any atom is 0.441 e. The van der Waals surface area contributed by atoms with Crippen LogP contribution >= 0.6 is 27.7 Å². The zero-order valence-corrected chi connectivity index (χ0v) is 9.23. The van der Waals surface area contributed by atoms with Crippen LogP contribution in [0.5, 0.6) is 0 Å². The van der Waals surface area contributed by atoms with Crippen LogP contribution in [0.3, 0.4) is 0 Å². The van der Waals surface area contributed by atoms with Gasteiger partial charge in [0, 0.05) is 11.1 Å². The molecule has 0 nitrogen and oxygen atoms in total. The van der Waals surface area contributed by atoms with Crippen molar-refractivity contribution in [3.8, 4) is 0 Å². The average molecular weight is 265 g/mol. The van der Waals surface area contributed by atoms with Gasteiger partial charge in [-0.05, 0) is 12.3 Å². The van der Waals surface area contributed by atoms with Gasteiger partial charge in [-0.25, -0.2) is 0 Å². The third-order valence-corrected chi connectivity index (χ3v) is 3.27. The predicted molar refractivity (Wildman–Crippen MR) is 50.7 cm³/mol. The molecule has 0 fully saturated rings. The van der Waals surface area contributed by atoms with Gasteiger partial charge >= 0.3 is 5.51 Å². The first-order valence-corrected chi connectivity index (χ1v) is 5.87. The molecule has 0 spiro atoms. The second-order valence-corrected chi connectivity index (χ2v) is 4.32. The van der Waals surface area contributed by atoms with Crippen LogP contribution in [0.4, 0.5) is 13.2 Å². The lowest BCUT2D eigenvalue weighted by Crippen LogP contribution is -2.06. The Morgan fingerprint density at radius 2 is 2.00 bits per heavy atom. The summed E-state index contributed by atoms with van der Waals surface area (Å²) in [6.45, 7) is 1.99. The van der Waals surface area contributed by atoms with Gasteiger partial charge in [0.1, 0.15) is 0 Å². The van der Waals surface area contributed by atoms with E-state index >= 15 is 0 Å². The Bertz CT molecular complexity index is 112. The number of alkyl halides is 4. The summed E-state index contributed by atoms with van der Waals surface area (Å²) in [7, 11) is 0. The maximum absolute atomic E-state index is 11.7. The van der Waals surface area contributed by atoms with Crippen molar-refractivity contribution in [1.29, 1.82) is 0 Å².